The van der Waals surface area contributed by atoms with Crippen LogP contribution in [0.3, 0.4) is 0 Å². The van der Waals surface area contributed by atoms with Gasteiger partial charge >= 0.3 is 0 Å². The number of hydrogen-bond donors (Lipinski definition) is 0. The van der Waals surface area contributed by atoms with E-state index in [0.717, 1.165) is 19.4 Å². The first-order valence-corrected chi connectivity index (χ1v) is 6.21. The number of ether oxygens (including phenoxy) is 2. The Labute approximate surface area is 96.6 Å². The Morgan fingerprint density at radius 3 is 2.38 bits per heavy atom. The van der Waals surface area contributed by atoms with Crippen LogP contribution < -0.4 is 0 Å². The maximum Gasteiger partial charge on any atom is 0.0720 e. The topological polar surface area (TPSA) is 18.5 Å². The molecule has 3 rings (SSSR count). The molecule has 16 heavy (non-hydrogen) atoms. The second-order valence-corrected chi connectivity index (χ2v) is 4.85. The van der Waals surface area contributed by atoms with Gasteiger partial charge in [-0.25, -0.2) is 0 Å². The summed E-state index contributed by atoms with van der Waals surface area (Å²) in [6.45, 7) is 0.738. The molecule has 1 aromatic rings. The van der Waals surface area contributed by atoms with Crippen LogP contribution in [0, 0.1) is 0 Å². The van der Waals surface area contributed by atoms with Crippen LogP contribution in [-0.4, -0.2) is 18.3 Å². The van der Waals surface area contributed by atoms with Crippen LogP contribution in [0.4, 0.5) is 0 Å². The molecule has 0 spiro atoms. The molecule has 0 heterocycles. The van der Waals surface area contributed by atoms with E-state index in [1.165, 1.54) is 18.4 Å². The van der Waals surface area contributed by atoms with Crippen LogP contribution in [0.15, 0.2) is 30.3 Å². The van der Waals surface area contributed by atoms with Crippen LogP contribution in [0.5, 0.6) is 0 Å². The molecule has 0 N–H and O–H groups in total. The molecule has 86 valence electrons. The van der Waals surface area contributed by atoms with Gasteiger partial charge in [-0.05, 0) is 31.2 Å². The summed E-state index contributed by atoms with van der Waals surface area (Å²) >= 11 is 0. The maximum atomic E-state index is 5.82. The fourth-order valence-corrected chi connectivity index (χ4v) is 2.03. The minimum absolute atomic E-state index is 0.420. The van der Waals surface area contributed by atoms with Gasteiger partial charge in [-0.15, -0.1) is 0 Å². The van der Waals surface area contributed by atoms with E-state index in [9.17, 15) is 0 Å². The summed E-state index contributed by atoms with van der Waals surface area (Å²) in [4.78, 5) is 0. The second kappa shape index (κ2) is 4.56. The van der Waals surface area contributed by atoms with Crippen molar-refractivity contribution in [3.05, 3.63) is 35.9 Å². The summed E-state index contributed by atoms with van der Waals surface area (Å²) < 4.78 is 11.6. The summed E-state index contributed by atoms with van der Waals surface area (Å²) in [6, 6.07) is 10.4. The van der Waals surface area contributed by atoms with Gasteiger partial charge in [0.1, 0.15) is 0 Å². The Morgan fingerprint density at radius 2 is 1.69 bits per heavy atom. The molecule has 0 saturated heterocycles. The number of hydrogen-bond acceptors (Lipinski definition) is 2. The Bertz CT molecular complexity index is 326. The Kier molecular flexibility index (Phi) is 2.94. The van der Waals surface area contributed by atoms with Crippen molar-refractivity contribution in [2.24, 2.45) is 0 Å². The monoisotopic (exact) mass is 218 g/mol. The molecule has 2 saturated carbocycles. The highest BCUT2D eigenvalue weighted by Gasteiger charge is 2.35. The highest BCUT2D eigenvalue weighted by atomic mass is 16.5. The van der Waals surface area contributed by atoms with Crippen molar-refractivity contribution < 1.29 is 9.47 Å². The zero-order chi connectivity index (χ0) is 10.8. The van der Waals surface area contributed by atoms with Gasteiger partial charge in [0.25, 0.3) is 0 Å². The zero-order valence-corrected chi connectivity index (χ0v) is 9.47. The van der Waals surface area contributed by atoms with Crippen molar-refractivity contribution in [3.63, 3.8) is 0 Å². The minimum Gasteiger partial charge on any atom is -0.375 e. The molecule has 2 fully saturated rings. The van der Waals surface area contributed by atoms with E-state index in [2.05, 4.69) is 24.3 Å². The van der Waals surface area contributed by atoms with E-state index in [1.807, 2.05) is 6.07 Å². The third-order valence-electron chi connectivity index (χ3n) is 3.29. The number of benzene rings is 1. The van der Waals surface area contributed by atoms with E-state index in [0.29, 0.717) is 18.3 Å². The first-order valence-electron chi connectivity index (χ1n) is 6.21. The lowest BCUT2D eigenvalue weighted by molar-refractivity contribution is -0.111. The van der Waals surface area contributed by atoms with Gasteiger partial charge in [0.15, 0.2) is 0 Å². The Morgan fingerprint density at radius 1 is 0.938 bits per heavy atom. The summed E-state index contributed by atoms with van der Waals surface area (Å²) in [5, 5.41) is 0. The van der Waals surface area contributed by atoms with Gasteiger partial charge in [-0.3, -0.25) is 0 Å². The van der Waals surface area contributed by atoms with E-state index in [4.69, 9.17) is 9.47 Å². The molecular formula is C14H18O2. The van der Waals surface area contributed by atoms with Crippen LogP contribution in [-0.2, 0) is 16.1 Å². The maximum absolute atomic E-state index is 5.82. The predicted octanol–water partition coefficient (Wildman–Crippen LogP) is 2.91. The van der Waals surface area contributed by atoms with Gasteiger partial charge in [-0.2, -0.15) is 0 Å². The third-order valence-corrected chi connectivity index (χ3v) is 3.29. The Hall–Kier alpha value is -0.860. The molecule has 0 atom stereocenters. The first-order chi connectivity index (χ1) is 7.90. The standard InChI is InChI=1S/C14H18O2/c1-2-4-11(5-3-1)10-15-13-8-14(9-13)16-12-6-7-12/h1-5,12-14H,6-10H2. The van der Waals surface area contributed by atoms with E-state index < -0.39 is 0 Å². The smallest absolute Gasteiger partial charge is 0.0720 e. The first kappa shape index (κ1) is 10.3. The molecule has 0 bridgehead atoms. The molecule has 0 amide bonds. The fourth-order valence-electron chi connectivity index (χ4n) is 2.03. The lowest BCUT2D eigenvalue weighted by Gasteiger charge is -2.35. The molecule has 0 aliphatic heterocycles. The quantitative estimate of drug-likeness (QED) is 0.756. The number of rotatable bonds is 5. The molecule has 2 aliphatic rings. The molecule has 1 aromatic carbocycles. The molecular weight excluding hydrogens is 200 g/mol. The predicted molar refractivity (Wildman–Crippen MR) is 62.1 cm³/mol. The molecule has 0 aromatic heterocycles. The third kappa shape index (κ3) is 2.63. The van der Waals surface area contributed by atoms with Crippen LogP contribution in [0.1, 0.15) is 31.2 Å². The minimum atomic E-state index is 0.420. The molecule has 2 nitrogen and oxygen atoms in total. The summed E-state index contributed by atoms with van der Waals surface area (Å²) in [5.41, 5.74) is 1.26. The van der Waals surface area contributed by atoms with Crippen molar-refractivity contribution in [1.82, 2.24) is 0 Å². The highest BCUT2D eigenvalue weighted by molar-refractivity contribution is 5.13. The van der Waals surface area contributed by atoms with Gasteiger partial charge in [0.05, 0.1) is 24.9 Å². The van der Waals surface area contributed by atoms with Crippen LogP contribution in [0.25, 0.3) is 0 Å². The second-order valence-electron chi connectivity index (χ2n) is 4.85. The molecule has 2 aliphatic carbocycles. The largest absolute Gasteiger partial charge is 0.375 e. The summed E-state index contributed by atoms with van der Waals surface area (Å²) in [6.07, 6.45) is 6.20. The SMILES string of the molecule is c1ccc(COC2CC(OC3CC3)C2)cc1. The van der Waals surface area contributed by atoms with Crippen molar-refractivity contribution in [1.29, 1.82) is 0 Å². The highest BCUT2D eigenvalue weighted by Crippen LogP contribution is 2.33. The normalized spacial score (nSPS) is 28.8. The van der Waals surface area contributed by atoms with Crippen molar-refractivity contribution in [2.75, 3.05) is 0 Å². The molecule has 0 unspecified atom stereocenters. The van der Waals surface area contributed by atoms with Crippen LogP contribution >= 0.6 is 0 Å². The van der Waals surface area contributed by atoms with Gasteiger partial charge in [0.2, 0.25) is 0 Å². The average molecular weight is 218 g/mol. The average Bonchev–Trinajstić information content (AvgIpc) is 3.06. The lowest BCUT2D eigenvalue weighted by Crippen LogP contribution is -2.37. The zero-order valence-electron chi connectivity index (χ0n) is 9.47. The summed E-state index contributed by atoms with van der Waals surface area (Å²) in [5.74, 6) is 0. The van der Waals surface area contributed by atoms with Crippen molar-refractivity contribution >= 4 is 0 Å². The van der Waals surface area contributed by atoms with Crippen molar-refractivity contribution in [3.8, 4) is 0 Å². The van der Waals surface area contributed by atoms with Gasteiger partial charge in [-0.1, -0.05) is 30.3 Å². The van der Waals surface area contributed by atoms with Gasteiger partial charge < -0.3 is 9.47 Å². The van der Waals surface area contributed by atoms with Gasteiger partial charge in [0, 0.05) is 0 Å². The van der Waals surface area contributed by atoms with E-state index >= 15 is 0 Å². The van der Waals surface area contributed by atoms with Crippen LogP contribution in [0.2, 0.25) is 0 Å². The lowest BCUT2D eigenvalue weighted by atomic mass is 9.92. The fraction of sp³-hybridized carbons (Fsp3) is 0.571. The Balaban J connectivity index is 1.35. The molecule has 2 heteroatoms. The van der Waals surface area contributed by atoms with E-state index in [1.54, 1.807) is 0 Å². The summed E-state index contributed by atoms with van der Waals surface area (Å²) in [7, 11) is 0. The molecule has 0 radical (unpaired) electrons. The van der Waals surface area contributed by atoms with E-state index in [-0.39, 0.29) is 0 Å². The van der Waals surface area contributed by atoms with Crippen molar-refractivity contribution in [2.45, 2.75) is 50.6 Å².